The maximum atomic E-state index is 5.16. The van der Waals surface area contributed by atoms with Crippen LogP contribution in [0, 0.1) is 192 Å². The third-order valence-corrected chi connectivity index (χ3v) is 12.5. The number of aromatic amines is 1. The molecule has 0 radical (unpaired) electrons. The second kappa shape index (κ2) is 67.4. The molecule has 0 bridgehead atoms. The van der Waals surface area contributed by atoms with Crippen LogP contribution in [0.5, 0.6) is 0 Å². The maximum absolute atomic E-state index is 5.16. The van der Waals surface area contributed by atoms with Gasteiger partial charge in [-0.3, -0.25) is 14.9 Å². The first-order valence-electron chi connectivity index (χ1n) is 25.5. The van der Waals surface area contributed by atoms with E-state index in [0.29, 0.717) is 0 Å². The van der Waals surface area contributed by atoms with Gasteiger partial charge < -0.3 is 60.9 Å². The van der Waals surface area contributed by atoms with Gasteiger partial charge in [-0.05, 0) is 148 Å². The quantitative estimate of drug-likeness (QED) is 0.140. The van der Waals surface area contributed by atoms with Crippen LogP contribution in [0.4, 0.5) is 0 Å². The zero-order chi connectivity index (χ0) is 59.6. The molecule has 9 aromatic heterocycles. The molecular formula is C64H106N15O3Rb7S. The summed E-state index contributed by atoms with van der Waals surface area (Å²) in [4.78, 5) is 30.3. The molecule has 0 saturated heterocycles. The van der Waals surface area contributed by atoms with Crippen molar-refractivity contribution >= 4 is 11.3 Å². The van der Waals surface area contributed by atoms with E-state index in [1.54, 1.807) is 16.0 Å². The predicted octanol–water partition coefficient (Wildman–Crippen LogP) is -5.67. The number of ether oxygens (including phenoxy) is 1. The molecule has 18 nitrogen and oxygen atoms in total. The topological polar surface area (TPSA) is 218 Å². The Bertz CT molecular complexity index is 2660. The van der Waals surface area contributed by atoms with Crippen molar-refractivity contribution in [3.63, 3.8) is 0 Å². The summed E-state index contributed by atoms with van der Waals surface area (Å²) in [6.07, 6.45) is 7.85. The Morgan fingerprint density at radius 2 is 1.16 bits per heavy atom. The van der Waals surface area contributed by atoms with Gasteiger partial charge in [-0.2, -0.15) is 28.2 Å². The molecule has 0 amide bonds. The average molecular weight is 1760 g/mol. The van der Waals surface area contributed by atoms with Gasteiger partial charge in [0, 0.05) is 36.8 Å². The van der Waals surface area contributed by atoms with E-state index in [1.807, 2.05) is 177 Å². The van der Waals surface area contributed by atoms with Crippen molar-refractivity contribution in [2.75, 3.05) is 6.61 Å². The third-order valence-electron chi connectivity index (χ3n) is 11.5. The van der Waals surface area contributed by atoms with E-state index in [0.717, 1.165) is 121 Å². The molecule has 9 aromatic rings. The predicted molar refractivity (Wildman–Crippen MR) is 345 cm³/mol. The van der Waals surface area contributed by atoms with Crippen molar-refractivity contribution in [3.05, 3.63) is 186 Å². The monoisotopic (exact) mass is 1760 g/mol. The standard InChI is InChI=1S/C8H11N.C7H9O.2C6H9N2.C6H9NO.C6H9NS.C6H9O.C5H9N3.C5H7N2.C4H6N3.4CH4.CH3.7Rb/c1-6-4-5-7(2)9-8(6)3;1-5-4-6(2)8-7(5)3;1-5-4-8(3)6(2)7-5;3*1-4-5(2)8-6(3)7-4;1-5-3-4-7-6(5)2;1-4-6-5(2)8(3)7-4;1-4-3-6-7-5(4)2;1-3-4(2)6-7-5-3;;;;;;;;;;;;/h4-5H,1-3H3;5*1-3H3;3H,4H2,1-2H3;1-3H3;1-2H3,(H,6,7);1-2H3;4*1H4;1H3;;;;;;;/q;3*-1;;;-1;;2*-1;;;;;-1;7*+1. The van der Waals surface area contributed by atoms with E-state index in [9.17, 15) is 0 Å². The zero-order valence-corrected chi connectivity index (χ0v) is 95.1. The van der Waals surface area contributed by atoms with Gasteiger partial charge in [0.15, 0.2) is 5.89 Å². The Morgan fingerprint density at radius 3 is 1.30 bits per heavy atom. The summed E-state index contributed by atoms with van der Waals surface area (Å²) in [5, 5.41) is 22.3. The molecular weight excluding hydrogens is 1660 g/mol. The van der Waals surface area contributed by atoms with Crippen LogP contribution in [0.1, 0.15) is 174 Å². The summed E-state index contributed by atoms with van der Waals surface area (Å²) in [7, 11) is 3.82. The van der Waals surface area contributed by atoms with E-state index in [-0.39, 0.29) is 444 Å². The fourth-order valence-corrected chi connectivity index (χ4v) is 6.70. The molecule has 0 aliphatic carbocycles. The van der Waals surface area contributed by atoms with Gasteiger partial charge in [-0.1, -0.05) is 130 Å². The number of allylic oxidation sites excluding steroid dienone is 1. The number of hydrogen-bond donors (Lipinski definition) is 1. The van der Waals surface area contributed by atoms with Crippen LogP contribution < -0.4 is 417 Å². The summed E-state index contributed by atoms with van der Waals surface area (Å²) in [5.41, 5.74) is 15.1. The van der Waals surface area contributed by atoms with Crippen LogP contribution in [-0.4, -0.2) is 71.4 Å². The average Bonchev–Trinajstić information content (AvgIpc) is 4.27. The van der Waals surface area contributed by atoms with E-state index in [2.05, 4.69) is 117 Å². The molecule has 0 atom stereocenters. The van der Waals surface area contributed by atoms with Crippen LogP contribution in [-0.2, 0) is 18.8 Å². The van der Waals surface area contributed by atoms with E-state index in [4.69, 9.17) is 13.6 Å². The third kappa shape index (κ3) is 54.9. The molecule has 10 rings (SSSR count). The van der Waals surface area contributed by atoms with Crippen molar-refractivity contribution in [2.45, 2.75) is 203 Å². The number of rotatable bonds is 0. The molecule has 1 aliphatic heterocycles. The smallest absolute Gasteiger partial charge is 0.595 e. The second-order valence-electron chi connectivity index (χ2n) is 18.6. The molecule has 10 heterocycles. The van der Waals surface area contributed by atoms with Crippen LogP contribution >= 0.6 is 11.3 Å². The number of thiazole rings is 1. The maximum Gasteiger partial charge on any atom is 1.00 e. The molecule has 90 heavy (non-hydrogen) atoms. The molecule has 0 aromatic carbocycles. The number of oxazole rings is 1. The van der Waals surface area contributed by atoms with Crippen LogP contribution in [0.15, 0.2) is 32.3 Å². The number of pyridine rings is 1. The molecule has 1 N–H and O–H groups in total. The number of aromatic nitrogens is 15. The van der Waals surface area contributed by atoms with Gasteiger partial charge in [0.2, 0.25) is 0 Å². The van der Waals surface area contributed by atoms with E-state index in [1.165, 1.54) is 26.7 Å². The molecule has 0 unspecified atom stereocenters. The Kier molecular flexibility index (Phi) is 91.4. The van der Waals surface area contributed by atoms with E-state index < -0.39 is 0 Å². The van der Waals surface area contributed by atoms with Crippen molar-refractivity contribution in [3.8, 4) is 0 Å². The number of furan rings is 1. The molecule has 0 spiro atoms. The first-order valence-corrected chi connectivity index (χ1v) is 26.3. The van der Waals surface area contributed by atoms with Gasteiger partial charge in [0.05, 0.1) is 16.4 Å². The summed E-state index contributed by atoms with van der Waals surface area (Å²) < 4.78 is 19.0. The number of nitrogens with one attached hydrogen (secondary N) is 1. The van der Waals surface area contributed by atoms with Crippen molar-refractivity contribution in [1.29, 1.82) is 0 Å². The zero-order valence-electron chi connectivity index (χ0n) is 59.8. The fourth-order valence-electron chi connectivity index (χ4n) is 5.88. The SMILES string of the molecule is C.C.C.C.CC1=C(C)OC[CH-]1.Cc1[c-]c(C)c(C)o1.Cc1[c-]n(C)c(C)n1.Cc1[c-]n[nH]c1C.Cc1ccc(C)c(C)n1.Cc1nc(C)c(C)[n-]1.Cc1nc(C)c(C)o1.Cc1nc(C)c(C)s1.Cc1nc(C)n(C)n1.Cc1nn[n-]c1C.[CH3-].[Rb+].[Rb+].[Rb+].[Rb+].[Rb+].[Rb+].[Rb+]. The van der Waals surface area contributed by atoms with E-state index >= 15 is 0 Å². The van der Waals surface area contributed by atoms with Crippen molar-refractivity contribution in [2.24, 2.45) is 14.1 Å². The largest absolute Gasteiger partial charge is 1.00 e. The Balaban J connectivity index is -0.0000000741. The Morgan fingerprint density at radius 1 is 0.589 bits per heavy atom. The van der Waals surface area contributed by atoms with Gasteiger partial charge in [-0.25, -0.2) is 21.0 Å². The van der Waals surface area contributed by atoms with Gasteiger partial charge in [0.25, 0.3) is 0 Å². The molecule has 0 saturated carbocycles. The number of imidazole rings is 2. The first-order chi connectivity index (χ1) is 36.3. The minimum absolute atomic E-state index is 0. The normalized spacial score (nSPS) is 9.19. The summed E-state index contributed by atoms with van der Waals surface area (Å²) >= 11 is 1.76. The number of H-pyrrole nitrogens is 1. The molecule has 1 aliphatic rings. The van der Waals surface area contributed by atoms with Crippen LogP contribution in [0.3, 0.4) is 0 Å². The minimum Gasteiger partial charge on any atom is -0.595 e. The van der Waals surface area contributed by atoms with Crippen LogP contribution in [0.25, 0.3) is 0 Å². The van der Waals surface area contributed by atoms with Crippen LogP contribution in [0.2, 0.25) is 0 Å². The fraction of sp³-hybridized carbons (Fsp3) is 0.500. The van der Waals surface area contributed by atoms with Gasteiger partial charge in [-0.15, -0.1) is 29.4 Å². The molecule has 468 valence electrons. The van der Waals surface area contributed by atoms with Gasteiger partial charge in [0.1, 0.15) is 17.4 Å². The Labute approximate surface area is 893 Å². The first kappa shape index (κ1) is 122. The number of aryl methyl sites for hydroxylation is 25. The summed E-state index contributed by atoms with van der Waals surface area (Å²) in [6.45, 7) is 49.9. The van der Waals surface area contributed by atoms with Gasteiger partial charge >= 0.3 is 407 Å². The number of hydrogen-bond acceptors (Lipinski definition) is 14. The van der Waals surface area contributed by atoms with Crippen molar-refractivity contribution < 1.29 is 421 Å². The summed E-state index contributed by atoms with van der Waals surface area (Å²) in [5.74, 6) is 8.28. The summed E-state index contributed by atoms with van der Waals surface area (Å²) in [6, 6.07) is 7.17. The second-order valence-corrected chi connectivity index (χ2v) is 20.0. The minimum atomic E-state index is 0. The molecule has 0 fully saturated rings. The Hall–Kier alpha value is 5.23. The number of nitrogens with zero attached hydrogens (tertiary/aromatic N) is 14. The van der Waals surface area contributed by atoms with Crippen molar-refractivity contribution in [1.82, 2.24) is 74.8 Å². The molecule has 26 heteroatoms.